The summed E-state index contributed by atoms with van der Waals surface area (Å²) in [6, 6.07) is 15.5. The summed E-state index contributed by atoms with van der Waals surface area (Å²) in [5.41, 5.74) is 1.71. The Morgan fingerprint density at radius 2 is 1.70 bits per heavy atom. The number of ether oxygens (including phenoxy) is 3. The van der Waals surface area contributed by atoms with Crippen molar-refractivity contribution in [2.45, 2.75) is 32.2 Å². The SMILES string of the molecule is COc1ccccc1OC.Cc1cccc(C(=O)OC2=CC3C(CC2)CCN3C)c1. The highest BCUT2D eigenvalue weighted by atomic mass is 16.5. The molecule has 1 fully saturated rings. The largest absolute Gasteiger partial charge is 0.493 e. The molecule has 0 aromatic heterocycles. The Kier molecular flexibility index (Phi) is 7.52. The molecule has 1 heterocycles. The van der Waals surface area contributed by atoms with Crippen LogP contribution in [0.25, 0.3) is 0 Å². The van der Waals surface area contributed by atoms with Gasteiger partial charge in [-0.15, -0.1) is 0 Å². The summed E-state index contributed by atoms with van der Waals surface area (Å²) in [6.45, 7) is 3.12. The fourth-order valence-electron chi connectivity index (χ4n) is 4.05. The molecule has 2 aromatic carbocycles. The maximum absolute atomic E-state index is 12.2. The van der Waals surface area contributed by atoms with Gasteiger partial charge in [-0.1, -0.05) is 29.8 Å². The molecule has 2 unspecified atom stereocenters. The Morgan fingerprint density at radius 1 is 1.00 bits per heavy atom. The maximum atomic E-state index is 12.2. The summed E-state index contributed by atoms with van der Waals surface area (Å²) in [6.07, 6.45) is 5.42. The summed E-state index contributed by atoms with van der Waals surface area (Å²) in [5.74, 6) is 2.88. The summed E-state index contributed by atoms with van der Waals surface area (Å²) < 4.78 is 15.6. The van der Waals surface area contributed by atoms with Gasteiger partial charge in [-0.2, -0.15) is 0 Å². The van der Waals surface area contributed by atoms with E-state index in [1.165, 1.54) is 6.42 Å². The van der Waals surface area contributed by atoms with Crippen LogP contribution in [-0.2, 0) is 4.74 Å². The first kappa shape index (κ1) is 21.9. The van der Waals surface area contributed by atoms with Crippen molar-refractivity contribution in [2.24, 2.45) is 5.92 Å². The van der Waals surface area contributed by atoms with E-state index in [0.29, 0.717) is 11.6 Å². The molecular formula is C25H31NO4. The number of para-hydroxylation sites is 2. The Bertz CT molecular complexity index is 869. The summed E-state index contributed by atoms with van der Waals surface area (Å²) >= 11 is 0. The number of likely N-dealkylation sites (tertiary alicyclic amines) is 1. The van der Waals surface area contributed by atoms with Crippen LogP contribution in [0.3, 0.4) is 0 Å². The zero-order chi connectivity index (χ0) is 21.5. The van der Waals surface area contributed by atoms with Crippen LogP contribution in [-0.4, -0.2) is 44.7 Å². The van der Waals surface area contributed by atoms with E-state index in [2.05, 4.69) is 18.0 Å². The van der Waals surface area contributed by atoms with Crippen molar-refractivity contribution >= 4 is 5.97 Å². The summed E-state index contributed by atoms with van der Waals surface area (Å²) in [5, 5.41) is 0. The topological polar surface area (TPSA) is 48.0 Å². The second kappa shape index (κ2) is 10.3. The number of allylic oxidation sites excluding steroid dienone is 1. The van der Waals surface area contributed by atoms with Crippen molar-refractivity contribution in [1.29, 1.82) is 0 Å². The molecular weight excluding hydrogens is 378 g/mol. The van der Waals surface area contributed by atoms with Gasteiger partial charge in [0.1, 0.15) is 5.76 Å². The van der Waals surface area contributed by atoms with E-state index in [0.717, 1.165) is 48.1 Å². The molecule has 4 rings (SSSR count). The number of nitrogens with zero attached hydrogens (tertiary/aromatic N) is 1. The number of methoxy groups -OCH3 is 2. The molecule has 0 N–H and O–H groups in total. The van der Waals surface area contributed by atoms with E-state index in [1.54, 1.807) is 14.2 Å². The van der Waals surface area contributed by atoms with Gasteiger partial charge in [0.05, 0.1) is 19.8 Å². The molecule has 0 amide bonds. The third-order valence-corrected chi connectivity index (χ3v) is 5.73. The number of carbonyl (C=O) groups is 1. The van der Waals surface area contributed by atoms with Crippen molar-refractivity contribution in [3.8, 4) is 11.5 Å². The standard InChI is InChI=1S/C17H21NO2.C8H10O2/c1-12-4-3-5-14(10-12)17(19)20-15-7-6-13-8-9-18(2)16(13)11-15;1-9-7-5-3-4-6-8(7)10-2/h3-5,10-11,13,16H,6-9H2,1-2H3;3-6H,1-2H3. The van der Waals surface area contributed by atoms with Gasteiger partial charge in [0, 0.05) is 12.5 Å². The van der Waals surface area contributed by atoms with Gasteiger partial charge in [0.15, 0.2) is 11.5 Å². The predicted molar refractivity (Wildman–Crippen MR) is 118 cm³/mol. The van der Waals surface area contributed by atoms with E-state index >= 15 is 0 Å². The van der Waals surface area contributed by atoms with Crippen LogP contribution in [0, 0.1) is 12.8 Å². The van der Waals surface area contributed by atoms with Crippen molar-refractivity contribution in [3.63, 3.8) is 0 Å². The van der Waals surface area contributed by atoms with Gasteiger partial charge >= 0.3 is 5.97 Å². The fraction of sp³-hybridized carbons (Fsp3) is 0.400. The van der Waals surface area contributed by atoms with Crippen molar-refractivity contribution in [2.75, 3.05) is 27.8 Å². The Labute approximate surface area is 179 Å². The lowest BCUT2D eigenvalue weighted by molar-refractivity contribution is 0.0598. The smallest absolute Gasteiger partial charge is 0.343 e. The minimum atomic E-state index is -0.237. The number of likely N-dealkylation sites (N-methyl/N-ethyl adjacent to an activating group) is 1. The third kappa shape index (κ3) is 5.42. The second-order valence-corrected chi connectivity index (χ2v) is 7.81. The number of rotatable bonds is 4. The molecule has 5 heteroatoms. The monoisotopic (exact) mass is 409 g/mol. The quantitative estimate of drug-likeness (QED) is 0.676. The maximum Gasteiger partial charge on any atom is 0.343 e. The molecule has 1 saturated heterocycles. The van der Waals surface area contributed by atoms with E-state index in [9.17, 15) is 4.79 Å². The number of aryl methyl sites for hydroxylation is 1. The minimum absolute atomic E-state index is 0.237. The summed E-state index contributed by atoms with van der Waals surface area (Å²) in [7, 11) is 5.39. The molecule has 2 aromatic rings. The minimum Gasteiger partial charge on any atom is -0.493 e. The number of hydrogen-bond donors (Lipinski definition) is 0. The Balaban J connectivity index is 0.000000216. The molecule has 0 saturated carbocycles. The van der Waals surface area contributed by atoms with Gasteiger partial charge in [-0.25, -0.2) is 4.79 Å². The van der Waals surface area contributed by atoms with Crippen LogP contribution >= 0.6 is 0 Å². The van der Waals surface area contributed by atoms with Crippen LogP contribution in [0.1, 0.15) is 35.2 Å². The normalized spacial score (nSPS) is 20.3. The van der Waals surface area contributed by atoms with Crippen molar-refractivity contribution in [3.05, 3.63) is 71.5 Å². The zero-order valence-corrected chi connectivity index (χ0v) is 18.3. The predicted octanol–water partition coefficient (Wildman–Crippen LogP) is 4.85. The highest BCUT2D eigenvalue weighted by Gasteiger charge is 2.34. The number of esters is 1. The van der Waals surface area contributed by atoms with Crippen LogP contribution in [0.5, 0.6) is 11.5 Å². The highest BCUT2D eigenvalue weighted by molar-refractivity contribution is 5.90. The fourth-order valence-corrected chi connectivity index (χ4v) is 4.05. The van der Waals surface area contributed by atoms with Crippen LogP contribution in [0.2, 0.25) is 0 Å². The first-order valence-electron chi connectivity index (χ1n) is 10.4. The highest BCUT2D eigenvalue weighted by Crippen LogP contribution is 2.34. The van der Waals surface area contributed by atoms with E-state index in [1.807, 2.05) is 55.5 Å². The second-order valence-electron chi connectivity index (χ2n) is 7.81. The molecule has 2 atom stereocenters. The van der Waals surface area contributed by atoms with E-state index < -0.39 is 0 Å². The van der Waals surface area contributed by atoms with Crippen LogP contribution in [0.15, 0.2) is 60.4 Å². The van der Waals surface area contributed by atoms with E-state index in [-0.39, 0.29) is 5.97 Å². The van der Waals surface area contributed by atoms with Gasteiger partial charge < -0.3 is 14.2 Å². The zero-order valence-electron chi connectivity index (χ0n) is 18.3. The molecule has 1 aliphatic heterocycles. The number of benzene rings is 2. The molecule has 0 spiro atoms. The van der Waals surface area contributed by atoms with Crippen molar-refractivity contribution < 1.29 is 19.0 Å². The number of hydrogen-bond acceptors (Lipinski definition) is 5. The summed E-state index contributed by atoms with van der Waals surface area (Å²) in [4.78, 5) is 14.5. The molecule has 5 nitrogen and oxygen atoms in total. The number of fused-ring (bicyclic) bond motifs is 1. The van der Waals surface area contributed by atoms with Crippen molar-refractivity contribution in [1.82, 2.24) is 4.90 Å². The molecule has 160 valence electrons. The van der Waals surface area contributed by atoms with Crippen LogP contribution < -0.4 is 9.47 Å². The molecule has 30 heavy (non-hydrogen) atoms. The molecule has 0 bridgehead atoms. The Hall–Kier alpha value is -2.79. The molecule has 1 aliphatic carbocycles. The van der Waals surface area contributed by atoms with E-state index in [4.69, 9.17) is 14.2 Å². The Morgan fingerprint density at radius 3 is 2.33 bits per heavy atom. The molecule has 2 aliphatic rings. The number of carbonyl (C=O) groups excluding carboxylic acids is 1. The lowest BCUT2D eigenvalue weighted by atomic mass is 9.89. The van der Waals surface area contributed by atoms with Gasteiger partial charge in [0.25, 0.3) is 0 Å². The average molecular weight is 410 g/mol. The first-order valence-corrected chi connectivity index (χ1v) is 10.4. The van der Waals surface area contributed by atoms with Gasteiger partial charge in [-0.3, -0.25) is 4.90 Å². The van der Waals surface area contributed by atoms with Gasteiger partial charge in [0.2, 0.25) is 0 Å². The molecule has 0 radical (unpaired) electrons. The average Bonchev–Trinajstić information content (AvgIpc) is 3.14. The first-order chi connectivity index (χ1) is 14.5. The lowest BCUT2D eigenvalue weighted by Crippen LogP contribution is -2.30. The van der Waals surface area contributed by atoms with Gasteiger partial charge in [-0.05, 0) is 69.6 Å². The van der Waals surface area contributed by atoms with Crippen LogP contribution in [0.4, 0.5) is 0 Å². The lowest BCUT2D eigenvalue weighted by Gasteiger charge is -2.27. The third-order valence-electron chi connectivity index (χ3n) is 5.73.